The quantitative estimate of drug-likeness (QED) is 0.524. The fourth-order valence-electron chi connectivity index (χ4n) is 0. The van der Waals surface area contributed by atoms with Gasteiger partial charge in [0.15, 0.2) is 0 Å². The molecule has 0 aliphatic carbocycles. The lowest BCUT2D eigenvalue weighted by molar-refractivity contribution is 0.381. The summed E-state index contributed by atoms with van der Waals surface area (Å²) in [5.41, 5.74) is 0. The molecular formula is H2Cl2O4S. The highest BCUT2D eigenvalue weighted by Crippen LogP contribution is 1.69. The van der Waals surface area contributed by atoms with E-state index < -0.39 is 10.4 Å². The van der Waals surface area contributed by atoms with Crippen molar-refractivity contribution >= 4 is 32.1 Å². The minimum absolute atomic E-state index is 4.11. The molecule has 0 saturated heterocycles. The summed E-state index contributed by atoms with van der Waals surface area (Å²) in [6.45, 7) is 0. The van der Waals surface area contributed by atoms with Crippen LogP contribution in [0.2, 0.25) is 0 Å². The highest BCUT2D eigenvalue weighted by molar-refractivity contribution is 7.79. The smallest absolute Gasteiger partial charge is 0.264 e. The van der Waals surface area contributed by atoms with Gasteiger partial charge in [-0.05, 0) is 0 Å². The normalized spacial score (nSPS) is 9.14. The van der Waals surface area contributed by atoms with Gasteiger partial charge in [-0.25, -0.2) is 0 Å². The molecule has 4 nitrogen and oxygen atoms in total. The molecule has 0 heterocycles. The number of hydrogen-bond donors (Lipinski definition) is 2. The molecule has 0 aromatic rings. The molecule has 0 aromatic carbocycles. The van der Waals surface area contributed by atoms with Crippen LogP contribution in [0.25, 0.3) is 0 Å². The second kappa shape index (κ2) is 4.61. The fraction of sp³-hybridized carbons (Fsp3) is 0. The van der Waals surface area contributed by atoms with E-state index in [1.807, 2.05) is 0 Å². The lowest BCUT2D eigenvalue weighted by Crippen LogP contribution is -1.89. The van der Waals surface area contributed by atoms with Gasteiger partial charge in [0, 0.05) is 21.7 Å². The second-order valence-electron chi connectivity index (χ2n) is 0.448. The van der Waals surface area contributed by atoms with Crippen LogP contribution >= 0.6 is 21.7 Å². The van der Waals surface area contributed by atoms with Crippen LogP contribution in [-0.4, -0.2) is 17.5 Å². The van der Waals surface area contributed by atoms with Gasteiger partial charge in [0.2, 0.25) is 0 Å². The van der Waals surface area contributed by atoms with Crippen molar-refractivity contribution in [3.63, 3.8) is 0 Å². The molecule has 0 aliphatic rings. The second-order valence-corrected chi connectivity index (χ2v) is 1.34. The molecule has 0 fully saturated rings. The SMILES string of the molecule is ClCl.O=S(=O)(O)O. The molecule has 7 heteroatoms. The van der Waals surface area contributed by atoms with Crippen molar-refractivity contribution in [2.45, 2.75) is 0 Å². The Morgan fingerprint density at radius 3 is 1.14 bits per heavy atom. The highest BCUT2D eigenvalue weighted by Gasteiger charge is 1.84. The van der Waals surface area contributed by atoms with Gasteiger partial charge < -0.3 is 0 Å². The summed E-state index contributed by atoms with van der Waals surface area (Å²) in [4.78, 5) is 0. The molecular weight excluding hydrogens is 167 g/mol. The molecule has 0 bridgehead atoms. The summed E-state index contributed by atoms with van der Waals surface area (Å²) >= 11 is 0. The van der Waals surface area contributed by atoms with Crippen LogP contribution in [0, 0.1) is 0 Å². The van der Waals surface area contributed by atoms with E-state index >= 15 is 0 Å². The van der Waals surface area contributed by atoms with E-state index in [9.17, 15) is 0 Å². The molecule has 0 amide bonds. The first-order chi connectivity index (χ1) is 3.00. The van der Waals surface area contributed by atoms with Gasteiger partial charge in [0.25, 0.3) is 0 Å². The van der Waals surface area contributed by atoms with E-state index in [0.717, 1.165) is 0 Å². The standard InChI is InChI=1S/Cl2.H2O4S/c1-2;1-5(2,3)4/h;(H2,1,2,3,4). The number of halogens is 2. The van der Waals surface area contributed by atoms with Crippen molar-refractivity contribution < 1.29 is 17.5 Å². The van der Waals surface area contributed by atoms with Gasteiger partial charge in [-0.3, -0.25) is 9.11 Å². The monoisotopic (exact) mass is 168 g/mol. The van der Waals surface area contributed by atoms with Crippen molar-refractivity contribution in [2.75, 3.05) is 0 Å². The van der Waals surface area contributed by atoms with E-state index in [1.165, 1.54) is 0 Å². The zero-order valence-electron chi connectivity index (χ0n) is 2.88. The molecule has 0 spiro atoms. The van der Waals surface area contributed by atoms with Gasteiger partial charge in [0.05, 0.1) is 0 Å². The van der Waals surface area contributed by atoms with Crippen LogP contribution in [0.5, 0.6) is 0 Å². The first-order valence-corrected chi connectivity index (χ1v) is 3.38. The summed E-state index contributed by atoms with van der Waals surface area (Å²) in [7, 11) is 3.56. The Balaban J connectivity index is 0. The zero-order chi connectivity index (χ0) is 6.50. The molecule has 0 rings (SSSR count). The summed E-state index contributed by atoms with van der Waals surface area (Å²) in [5, 5.41) is 0. The third-order valence-corrected chi connectivity index (χ3v) is 0. The molecule has 2 N–H and O–H groups in total. The molecule has 46 valence electrons. The zero-order valence-corrected chi connectivity index (χ0v) is 5.20. The van der Waals surface area contributed by atoms with Gasteiger partial charge >= 0.3 is 10.4 Å². The third-order valence-electron chi connectivity index (χ3n) is 0. The average molecular weight is 169 g/mol. The lowest BCUT2D eigenvalue weighted by atomic mass is 15.8. The average Bonchev–Trinajstić information content (AvgIpc) is 1.36. The minimum atomic E-state index is -4.67. The van der Waals surface area contributed by atoms with Crippen LogP contribution in [0.3, 0.4) is 0 Å². The Morgan fingerprint density at radius 1 is 1.14 bits per heavy atom. The van der Waals surface area contributed by atoms with Crippen LogP contribution in [0.15, 0.2) is 0 Å². The van der Waals surface area contributed by atoms with Gasteiger partial charge in [0.1, 0.15) is 0 Å². The molecule has 0 saturated carbocycles. The van der Waals surface area contributed by atoms with Crippen molar-refractivity contribution in [3.05, 3.63) is 0 Å². The Hall–Kier alpha value is 0.450. The van der Waals surface area contributed by atoms with E-state index in [0.29, 0.717) is 0 Å². The predicted molar refractivity (Wildman–Crippen MR) is 25.9 cm³/mol. The summed E-state index contributed by atoms with van der Waals surface area (Å²) in [5.74, 6) is 0. The van der Waals surface area contributed by atoms with Crippen LogP contribution in [0.4, 0.5) is 0 Å². The molecule has 0 atom stereocenters. The Morgan fingerprint density at radius 2 is 1.14 bits per heavy atom. The number of hydrogen-bond acceptors (Lipinski definition) is 2. The van der Waals surface area contributed by atoms with Crippen molar-refractivity contribution in [3.8, 4) is 0 Å². The van der Waals surface area contributed by atoms with Gasteiger partial charge in [-0.1, -0.05) is 0 Å². The molecule has 7 heavy (non-hydrogen) atoms. The van der Waals surface area contributed by atoms with Crippen LogP contribution < -0.4 is 0 Å². The van der Waals surface area contributed by atoms with Gasteiger partial charge in [-0.2, -0.15) is 8.42 Å². The maximum absolute atomic E-state index is 8.74. The van der Waals surface area contributed by atoms with Crippen molar-refractivity contribution in [1.29, 1.82) is 0 Å². The van der Waals surface area contributed by atoms with E-state index in [1.54, 1.807) is 0 Å². The Bertz CT molecular complexity index is 92.9. The van der Waals surface area contributed by atoms with Crippen molar-refractivity contribution in [2.24, 2.45) is 0 Å². The Kier molecular flexibility index (Phi) is 6.86. The number of rotatable bonds is 0. The largest absolute Gasteiger partial charge is 0.394 e. The third kappa shape index (κ3) is 631. The van der Waals surface area contributed by atoms with E-state index in [4.69, 9.17) is 17.5 Å². The van der Waals surface area contributed by atoms with Crippen LogP contribution in [-0.2, 0) is 10.4 Å². The summed E-state index contributed by atoms with van der Waals surface area (Å²) < 4.78 is 31.6. The van der Waals surface area contributed by atoms with Gasteiger partial charge in [-0.15, -0.1) is 0 Å². The summed E-state index contributed by atoms with van der Waals surface area (Å²) in [6, 6.07) is 0. The molecule has 0 aliphatic heterocycles. The minimum Gasteiger partial charge on any atom is -0.264 e. The van der Waals surface area contributed by atoms with E-state index in [2.05, 4.69) is 21.7 Å². The van der Waals surface area contributed by atoms with Crippen LogP contribution in [0.1, 0.15) is 0 Å². The lowest BCUT2D eigenvalue weighted by Gasteiger charge is -1.68. The predicted octanol–water partition coefficient (Wildman–Crippen LogP) is 0.726. The molecule has 0 aromatic heterocycles. The first kappa shape index (κ1) is 10.4. The maximum atomic E-state index is 8.74. The molecule has 0 unspecified atom stereocenters. The Labute approximate surface area is 50.2 Å². The fourth-order valence-corrected chi connectivity index (χ4v) is 0. The summed E-state index contributed by atoms with van der Waals surface area (Å²) in [6.07, 6.45) is 0. The first-order valence-electron chi connectivity index (χ1n) is 0.841. The topological polar surface area (TPSA) is 74.6 Å². The highest BCUT2D eigenvalue weighted by atomic mass is 36.5. The van der Waals surface area contributed by atoms with Crippen molar-refractivity contribution in [1.82, 2.24) is 0 Å². The maximum Gasteiger partial charge on any atom is 0.394 e. The van der Waals surface area contributed by atoms with E-state index in [-0.39, 0.29) is 0 Å². The molecule has 0 radical (unpaired) electrons.